The molecule has 0 bridgehead atoms. The van der Waals surface area contributed by atoms with Crippen molar-refractivity contribution >= 4 is 23.4 Å². The van der Waals surface area contributed by atoms with Crippen molar-refractivity contribution in [1.82, 2.24) is 19.4 Å². The van der Waals surface area contributed by atoms with Gasteiger partial charge in [0.25, 0.3) is 0 Å². The third kappa shape index (κ3) is 5.37. The predicted molar refractivity (Wildman–Crippen MR) is 116 cm³/mol. The van der Waals surface area contributed by atoms with Crippen molar-refractivity contribution in [2.45, 2.75) is 44.3 Å². The van der Waals surface area contributed by atoms with Crippen molar-refractivity contribution in [3.8, 4) is 0 Å². The molecule has 0 aliphatic carbocycles. The molecular formula is C21H31N5OS. The van der Waals surface area contributed by atoms with Gasteiger partial charge in [-0.25, -0.2) is 4.98 Å². The third-order valence-electron chi connectivity index (χ3n) is 5.37. The molecule has 1 fully saturated rings. The number of imidazole rings is 1. The van der Waals surface area contributed by atoms with E-state index >= 15 is 0 Å². The molecule has 7 heteroatoms. The number of piperazine rings is 1. The number of para-hydroxylation sites is 1. The van der Waals surface area contributed by atoms with Gasteiger partial charge in [0.2, 0.25) is 5.91 Å². The minimum atomic E-state index is 0.0848. The van der Waals surface area contributed by atoms with Crippen molar-refractivity contribution in [3.05, 3.63) is 42.5 Å². The molecule has 28 heavy (non-hydrogen) atoms. The van der Waals surface area contributed by atoms with Crippen LogP contribution in [0.1, 0.15) is 26.1 Å². The van der Waals surface area contributed by atoms with Crippen LogP contribution in [0, 0.1) is 0 Å². The van der Waals surface area contributed by atoms with Crippen molar-refractivity contribution in [2.24, 2.45) is 0 Å². The fourth-order valence-electron chi connectivity index (χ4n) is 3.69. The van der Waals surface area contributed by atoms with E-state index in [2.05, 4.69) is 38.5 Å². The lowest BCUT2D eigenvalue weighted by atomic mass is 10.1. The highest BCUT2D eigenvalue weighted by atomic mass is 32.2. The smallest absolute Gasteiger partial charge is 0.225 e. The maximum absolute atomic E-state index is 12.4. The Morgan fingerprint density at radius 1 is 1.32 bits per heavy atom. The maximum Gasteiger partial charge on any atom is 0.225 e. The number of thioether (sulfide) groups is 1. The Balaban J connectivity index is 1.45. The number of aryl methyl sites for hydroxylation is 1. The molecule has 1 amide bonds. The second-order valence-corrected chi connectivity index (χ2v) is 8.10. The lowest BCUT2D eigenvalue weighted by Crippen LogP contribution is -2.52. The fourth-order valence-corrected chi connectivity index (χ4v) is 4.24. The van der Waals surface area contributed by atoms with Gasteiger partial charge in [0.05, 0.1) is 12.2 Å². The first-order chi connectivity index (χ1) is 13.6. The molecule has 0 unspecified atom stereocenters. The Bertz CT molecular complexity index is 778. The Labute approximate surface area is 172 Å². The third-order valence-corrected chi connectivity index (χ3v) is 6.17. The molecule has 0 spiro atoms. The highest BCUT2D eigenvalue weighted by Gasteiger charge is 2.25. The summed E-state index contributed by atoms with van der Waals surface area (Å²) < 4.78 is 2.20. The van der Waals surface area contributed by atoms with Crippen LogP contribution in [0.2, 0.25) is 0 Å². The molecule has 2 heterocycles. The first-order valence-corrected chi connectivity index (χ1v) is 11.2. The van der Waals surface area contributed by atoms with E-state index in [1.807, 2.05) is 42.9 Å². The van der Waals surface area contributed by atoms with E-state index in [-0.39, 0.29) is 5.91 Å². The van der Waals surface area contributed by atoms with Crippen molar-refractivity contribution in [1.29, 1.82) is 0 Å². The summed E-state index contributed by atoms with van der Waals surface area (Å²) in [4.78, 5) is 22.9. The van der Waals surface area contributed by atoms with E-state index in [0.717, 1.165) is 55.7 Å². The van der Waals surface area contributed by atoms with Crippen LogP contribution in [-0.4, -0.2) is 63.7 Å². The number of rotatable bonds is 8. The van der Waals surface area contributed by atoms with Crippen LogP contribution in [0.15, 0.2) is 41.6 Å². The molecule has 1 N–H and O–H groups in total. The van der Waals surface area contributed by atoms with Gasteiger partial charge < -0.3 is 14.8 Å². The Kier molecular flexibility index (Phi) is 7.53. The number of anilines is 1. The molecule has 3 rings (SSSR count). The van der Waals surface area contributed by atoms with Gasteiger partial charge in [-0.15, -0.1) is 11.8 Å². The van der Waals surface area contributed by atoms with Crippen LogP contribution in [0.5, 0.6) is 0 Å². The van der Waals surface area contributed by atoms with Gasteiger partial charge in [0.15, 0.2) is 0 Å². The van der Waals surface area contributed by atoms with E-state index in [1.165, 1.54) is 0 Å². The number of amides is 1. The fraction of sp³-hybridized carbons (Fsp3) is 0.524. The van der Waals surface area contributed by atoms with Crippen LogP contribution < -0.4 is 5.32 Å². The summed E-state index contributed by atoms with van der Waals surface area (Å²) in [5, 5.41) is 3.06. The van der Waals surface area contributed by atoms with E-state index in [4.69, 9.17) is 0 Å². The lowest BCUT2D eigenvalue weighted by Gasteiger charge is -2.39. The van der Waals surface area contributed by atoms with Crippen molar-refractivity contribution < 1.29 is 4.79 Å². The molecule has 0 radical (unpaired) electrons. The minimum Gasteiger partial charge on any atom is -0.334 e. The highest BCUT2D eigenvalue weighted by molar-refractivity contribution is 7.98. The Hall–Kier alpha value is -1.83. The minimum absolute atomic E-state index is 0.0848. The zero-order valence-corrected chi connectivity index (χ0v) is 17.9. The number of carbonyl (C=O) groups excluding carboxylic acids is 1. The van der Waals surface area contributed by atoms with E-state index < -0.39 is 0 Å². The molecule has 1 aromatic heterocycles. The number of nitrogens with one attached hydrogen (secondary N) is 1. The first kappa shape index (κ1) is 20.9. The average Bonchev–Trinajstić information content (AvgIpc) is 3.16. The summed E-state index contributed by atoms with van der Waals surface area (Å²) >= 11 is 1.65. The first-order valence-electron chi connectivity index (χ1n) is 10.00. The second-order valence-electron chi connectivity index (χ2n) is 7.25. The van der Waals surface area contributed by atoms with Crippen LogP contribution in [-0.2, 0) is 17.9 Å². The molecule has 0 saturated carbocycles. The Morgan fingerprint density at radius 2 is 2.14 bits per heavy atom. The van der Waals surface area contributed by atoms with Crippen LogP contribution >= 0.6 is 11.8 Å². The van der Waals surface area contributed by atoms with E-state index in [1.54, 1.807) is 11.8 Å². The predicted octanol–water partition coefficient (Wildman–Crippen LogP) is 3.16. The zero-order chi connectivity index (χ0) is 19.9. The van der Waals surface area contributed by atoms with Gasteiger partial charge in [-0.3, -0.25) is 9.69 Å². The van der Waals surface area contributed by atoms with Gasteiger partial charge in [-0.2, -0.15) is 0 Å². The van der Waals surface area contributed by atoms with Crippen LogP contribution in [0.25, 0.3) is 0 Å². The summed E-state index contributed by atoms with van der Waals surface area (Å²) in [6, 6.07) is 8.40. The number of hydrogen-bond acceptors (Lipinski definition) is 5. The van der Waals surface area contributed by atoms with Gasteiger partial charge in [-0.1, -0.05) is 12.1 Å². The maximum atomic E-state index is 12.4. The summed E-state index contributed by atoms with van der Waals surface area (Å²) in [6.07, 6.45) is 6.48. The largest absolute Gasteiger partial charge is 0.334 e. The lowest BCUT2D eigenvalue weighted by molar-refractivity contribution is -0.116. The van der Waals surface area contributed by atoms with E-state index in [0.29, 0.717) is 12.5 Å². The van der Waals surface area contributed by atoms with Crippen LogP contribution in [0.4, 0.5) is 5.69 Å². The summed E-state index contributed by atoms with van der Waals surface area (Å²) in [5.74, 6) is 1.22. The topological polar surface area (TPSA) is 53.4 Å². The highest BCUT2D eigenvalue weighted by Crippen LogP contribution is 2.24. The average molecular weight is 402 g/mol. The molecule has 1 aliphatic heterocycles. The molecule has 2 aromatic rings. The monoisotopic (exact) mass is 401 g/mol. The number of hydrogen-bond donors (Lipinski definition) is 1. The SMILES string of the molecule is CCn1ccnc1CN1CCN(CCC(=O)Nc2ccccc2SC)C[C@@H]1C. The van der Waals surface area contributed by atoms with Crippen molar-refractivity contribution in [3.63, 3.8) is 0 Å². The quantitative estimate of drug-likeness (QED) is 0.689. The molecule has 1 saturated heterocycles. The van der Waals surface area contributed by atoms with Gasteiger partial charge in [0, 0.05) is 62.5 Å². The zero-order valence-electron chi connectivity index (χ0n) is 17.1. The number of nitrogens with zero attached hydrogens (tertiary/aromatic N) is 4. The Morgan fingerprint density at radius 3 is 2.89 bits per heavy atom. The molecule has 1 aromatic carbocycles. The summed E-state index contributed by atoms with van der Waals surface area (Å²) in [6.45, 7) is 10.0. The van der Waals surface area contributed by atoms with Gasteiger partial charge in [-0.05, 0) is 32.2 Å². The standard InChI is InChI=1S/C21H31N5OS/c1-4-25-12-10-22-20(25)16-26-14-13-24(15-17(26)2)11-9-21(27)23-18-7-5-6-8-19(18)28-3/h5-8,10,12,17H,4,9,11,13-16H2,1-3H3,(H,23,27)/t17-/m0/s1. The second kappa shape index (κ2) is 10.1. The normalized spacial score (nSPS) is 18.3. The molecule has 6 nitrogen and oxygen atoms in total. The molecular weight excluding hydrogens is 370 g/mol. The molecule has 1 atom stereocenters. The van der Waals surface area contributed by atoms with Gasteiger partial charge in [0.1, 0.15) is 5.82 Å². The van der Waals surface area contributed by atoms with Crippen molar-refractivity contribution in [2.75, 3.05) is 37.8 Å². The number of carbonyl (C=O) groups is 1. The number of aromatic nitrogens is 2. The molecule has 1 aliphatic rings. The molecule has 152 valence electrons. The summed E-state index contributed by atoms with van der Waals surface area (Å²) in [5.41, 5.74) is 0.907. The summed E-state index contributed by atoms with van der Waals surface area (Å²) in [7, 11) is 0. The number of benzene rings is 1. The van der Waals surface area contributed by atoms with Gasteiger partial charge >= 0.3 is 0 Å². The van der Waals surface area contributed by atoms with Crippen LogP contribution in [0.3, 0.4) is 0 Å². The van der Waals surface area contributed by atoms with E-state index in [9.17, 15) is 4.79 Å².